The number of thiophene rings is 1. The highest BCUT2D eigenvalue weighted by molar-refractivity contribution is 7.90. The maximum atomic E-state index is 12.7. The molecule has 2 aromatic heterocycles. The van der Waals surface area contributed by atoms with Gasteiger partial charge in [-0.05, 0) is 19.9 Å². The summed E-state index contributed by atoms with van der Waals surface area (Å²) in [7, 11) is -3.59. The molecule has 0 bridgehead atoms. The normalized spacial score (nSPS) is 13.5. The number of sulfonamides is 1. The van der Waals surface area contributed by atoms with E-state index in [0.29, 0.717) is 10.7 Å². The molecule has 2 heterocycles. The van der Waals surface area contributed by atoms with Crippen LogP contribution in [0.4, 0.5) is 0 Å². The summed E-state index contributed by atoms with van der Waals surface area (Å²) in [6, 6.07) is 7.12. The van der Waals surface area contributed by atoms with Crippen molar-refractivity contribution in [1.29, 1.82) is 0 Å². The third-order valence-corrected chi connectivity index (χ3v) is 6.24. The Kier molecular flexibility index (Phi) is 4.03. The first-order valence-electron chi connectivity index (χ1n) is 7.02. The molecule has 0 aliphatic carbocycles. The number of imidazole rings is 1. The van der Waals surface area contributed by atoms with Crippen LogP contribution in [0.3, 0.4) is 0 Å². The number of hydrogen-bond donors (Lipinski definition) is 1. The molecule has 1 N–H and O–H groups in total. The van der Waals surface area contributed by atoms with Gasteiger partial charge in [0.1, 0.15) is 10.7 Å². The molecule has 7 heteroatoms. The highest BCUT2D eigenvalue weighted by Gasteiger charge is 2.23. The SMILES string of the molecule is CCn1ccnc1[C@@H](C)NS(=O)(=O)c1csc2ccccc12. The van der Waals surface area contributed by atoms with Crippen LogP contribution < -0.4 is 4.72 Å². The first-order valence-corrected chi connectivity index (χ1v) is 9.39. The fraction of sp³-hybridized carbons (Fsp3) is 0.267. The average molecular weight is 335 g/mol. The van der Waals surface area contributed by atoms with Crippen LogP contribution in [0.2, 0.25) is 0 Å². The zero-order valence-corrected chi connectivity index (χ0v) is 14.0. The van der Waals surface area contributed by atoms with Crippen LogP contribution in [-0.4, -0.2) is 18.0 Å². The lowest BCUT2D eigenvalue weighted by Crippen LogP contribution is -2.28. The summed E-state index contributed by atoms with van der Waals surface area (Å²) < 4.78 is 31.0. The minimum Gasteiger partial charge on any atom is -0.334 e. The molecule has 0 aliphatic rings. The van der Waals surface area contributed by atoms with Crippen molar-refractivity contribution in [2.75, 3.05) is 0 Å². The predicted octanol–water partition coefficient (Wildman–Crippen LogP) is 3.16. The first-order chi connectivity index (χ1) is 10.5. The third-order valence-electron chi connectivity index (χ3n) is 3.54. The van der Waals surface area contributed by atoms with E-state index < -0.39 is 16.1 Å². The Balaban J connectivity index is 1.94. The van der Waals surface area contributed by atoms with Gasteiger partial charge in [-0.2, -0.15) is 0 Å². The molecule has 0 amide bonds. The second kappa shape index (κ2) is 5.83. The van der Waals surface area contributed by atoms with Crippen molar-refractivity contribution in [3.8, 4) is 0 Å². The molecule has 0 spiro atoms. The molecule has 0 saturated carbocycles. The molecule has 22 heavy (non-hydrogen) atoms. The van der Waals surface area contributed by atoms with E-state index in [9.17, 15) is 8.42 Å². The highest BCUT2D eigenvalue weighted by atomic mass is 32.2. The van der Waals surface area contributed by atoms with Crippen molar-refractivity contribution in [1.82, 2.24) is 14.3 Å². The summed E-state index contributed by atoms with van der Waals surface area (Å²) in [5.74, 6) is 0.714. The molecule has 0 fully saturated rings. The van der Waals surface area contributed by atoms with Crippen molar-refractivity contribution >= 4 is 31.4 Å². The topological polar surface area (TPSA) is 64.0 Å². The van der Waals surface area contributed by atoms with Crippen LogP contribution in [0, 0.1) is 0 Å². The minimum atomic E-state index is -3.59. The second-order valence-corrected chi connectivity index (χ2v) is 7.60. The standard InChI is InChI=1S/C15H17N3O2S2/c1-3-18-9-8-16-15(18)11(2)17-22(19,20)14-10-21-13-7-5-4-6-12(13)14/h4-11,17H,3H2,1-2H3/t11-/m1/s1. The maximum absolute atomic E-state index is 12.7. The van der Waals surface area contributed by atoms with E-state index in [1.165, 1.54) is 11.3 Å². The average Bonchev–Trinajstić information content (AvgIpc) is 3.13. The number of nitrogens with zero attached hydrogens (tertiary/aromatic N) is 2. The van der Waals surface area contributed by atoms with Crippen LogP contribution in [0.15, 0.2) is 46.9 Å². The molecule has 116 valence electrons. The third kappa shape index (κ3) is 2.67. The van der Waals surface area contributed by atoms with E-state index in [1.807, 2.05) is 42.0 Å². The largest absolute Gasteiger partial charge is 0.334 e. The molecule has 5 nitrogen and oxygen atoms in total. The van der Waals surface area contributed by atoms with Gasteiger partial charge >= 0.3 is 0 Å². The van der Waals surface area contributed by atoms with Crippen molar-refractivity contribution in [2.24, 2.45) is 0 Å². The molecule has 1 atom stereocenters. The van der Waals surface area contributed by atoms with E-state index in [1.54, 1.807) is 18.5 Å². The quantitative estimate of drug-likeness (QED) is 0.779. The van der Waals surface area contributed by atoms with Crippen LogP contribution in [0.5, 0.6) is 0 Å². The maximum Gasteiger partial charge on any atom is 0.242 e. The van der Waals surface area contributed by atoms with Crippen molar-refractivity contribution in [3.63, 3.8) is 0 Å². The van der Waals surface area contributed by atoms with E-state index in [-0.39, 0.29) is 0 Å². The van der Waals surface area contributed by atoms with Crippen molar-refractivity contribution in [3.05, 3.63) is 47.9 Å². The van der Waals surface area contributed by atoms with Gasteiger partial charge in [0, 0.05) is 34.4 Å². The Morgan fingerprint density at radius 2 is 2.14 bits per heavy atom. The summed E-state index contributed by atoms with van der Waals surface area (Å²) in [6.45, 7) is 4.56. The Bertz CT molecular complexity index is 896. The lowest BCUT2D eigenvalue weighted by atomic mass is 10.3. The van der Waals surface area contributed by atoms with Gasteiger partial charge in [-0.1, -0.05) is 18.2 Å². The number of aryl methyl sites for hydroxylation is 1. The van der Waals surface area contributed by atoms with Gasteiger partial charge in [0.15, 0.2) is 0 Å². The Morgan fingerprint density at radius 1 is 1.36 bits per heavy atom. The van der Waals surface area contributed by atoms with E-state index in [0.717, 1.165) is 16.6 Å². The molecule has 0 unspecified atom stereocenters. The first kappa shape index (κ1) is 15.2. The number of hydrogen-bond acceptors (Lipinski definition) is 4. The number of nitrogens with one attached hydrogen (secondary N) is 1. The monoisotopic (exact) mass is 335 g/mol. The molecule has 0 radical (unpaired) electrons. The molecule has 0 saturated heterocycles. The van der Waals surface area contributed by atoms with Gasteiger partial charge in [0.2, 0.25) is 10.0 Å². The summed E-state index contributed by atoms with van der Waals surface area (Å²) >= 11 is 1.43. The Morgan fingerprint density at radius 3 is 2.91 bits per heavy atom. The summed E-state index contributed by atoms with van der Waals surface area (Å²) in [4.78, 5) is 4.58. The van der Waals surface area contributed by atoms with Gasteiger partial charge in [0.05, 0.1) is 6.04 Å². The second-order valence-electron chi connectivity index (χ2n) is 5.01. The number of rotatable bonds is 5. The Hall–Kier alpha value is -1.70. The highest BCUT2D eigenvalue weighted by Crippen LogP contribution is 2.29. The van der Waals surface area contributed by atoms with Gasteiger partial charge in [-0.25, -0.2) is 18.1 Å². The minimum absolute atomic E-state index is 0.328. The van der Waals surface area contributed by atoms with Crippen LogP contribution in [0.1, 0.15) is 25.7 Å². The summed E-state index contributed by atoms with van der Waals surface area (Å²) in [5, 5.41) is 2.44. The molecule has 1 aromatic carbocycles. The van der Waals surface area contributed by atoms with E-state index >= 15 is 0 Å². The van der Waals surface area contributed by atoms with Crippen LogP contribution in [0.25, 0.3) is 10.1 Å². The lowest BCUT2D eigenvalue weighted by molar-refractivity contribution is 0.548. The zero-order valence-electron chi connectivity index (χ0n) is 12.4. The van der Waals surface area contributed by atoms with Crippen molar-refractivity contribution < 1.29 is 8.42 Å². The molecular weight excluding hydrogens is 318 g/mol. The number of aromatic nitrogens is 2. The Labute approximate surface area is 133 Å². The predicted molar refractivity (Wildman–Crippen MR) is 88.5 cm³/mol. The summed E-state index contributed by atoms with van der Waals surface area (Å²) in [6.07, 6.45) is 3.53. The van der Waals surface area contributed by atoms with Gasteiger partial charge in [-0.3, -0.25) is 0 Å². The molecule has 3 aromatic rings. The number of fused-ring (bicyclic) bond motifs is 1. The van der Waals surface area contributed by atoms with Crippen LogP contribution in [-0.2, 0) is 16.6 Å². The smallest absolute Gasteiger partial charge is 0.242 e. The lowest BCUT2D eigenvalue weighted by Gasteiger charge is -2.15. The van der Waals surface area contributed by atoms with Crippen LogP contribution >= 0.6 is 11.3 Å². The van der Waals surface area contributed by atoms with Crippen molar-refractivity contribution in [2.45, 2.75) is 31.3 Å². The summed E-state index contributed by atoms with van der Waals surface area (Å²) in [5.41, 5.74) is 0. The fourth-order valence-electron chi connectivity index (χ4n) is 2.48. The number of benzene rings is 1. The molecule has 0 aliphatic heterocycles. The molecular formula is C15H17N3O2S2. The van der Waals surface area contributed by atoms with E-state index in [4.69, 9.17) is 0 Å². The van der Waals surface area contributed by atoms with Gasteiger partial charge in [-0.15, -0.1) is 11.3 Å². The van der Waals surface area contributed by atoms with Gasteiger partial charge in [0.25, 0.3) is 0 Å². The molecule has 3 rings (SSSR count). The van der Waals surface area contributed by atoms with E-state index in [2.05, 4.69) is 9.71 Å². The fourth-order valence-corrected chi connectivity index (χ4v) is 5.18. The zero-order chi connectivity index (χ0) is 15.7. The van der Waals surface area contributed by atoms with Gasteiger partial charge < -0.3 is 4.57 Å².